The highest BCUT2D eigenvalue weighted by Crippen LogP contribution is 2.17. The van der Waals surface area contributed by atoms with E-state index in [1.54, 1.807) is 0 Å². The van der Waals surface area contributed by atoms with Crippen molar-refractivity contribution < 1.29 is 0 Å². The molecule has 2 fully saturated rings. The molecular formula is C12H24N2. The van der Waals surface area contributed by atoms with Crippen molar-refractivity contribution in [2.24, 2.45) is 0 Å². The van der Waals surface area contributed by atoms with Gasteiger partial charge in [-0.15, -0.1) is 0 Å². The van der Waals surface area contributed by atoms with Gasteiger partial charge in [0.05, 0.1) is 0 Å². The molecule has 2 rings (SSSR count). The largest absolute Gasteiger partial charge is 0.313 e. The molecule has 1 heterocycles. The van der Waals surface area contributed by atoms with Crippen LogP contribution in [-0.2, 0) is 0 Å². The van der Waals surface area contributed by atoms with Gasteiger partial charge in [0.1, 0.15) is 0 Å². The molecule has 2 aliphatic rings. The molecule has 0 aromatic heterocycles. The molecule has 1 atom stereocenters. The molecule has 0 bridgehead atoms. The summed E-state index contributed by atoms with van der Waals surface area (Å²) >= 11 is 0. The summed E-state index contributed by atoms with van der Waals surface area (Å²) in [5.74, 6) is 0. The summed E-state index contributed by atoms with van der Waals surface area (Å²) in [7, 11) is 0. The lowest BCUT2D eigenvalue weighted by Crippen LogP contribution is -2.45. The van der Waals surface area contributed by atoms with E-state index in [0.29, 0.717) is 0 Å². The Balaban J connectivity index is 1.60. The van der Waals surface area contributed by atoms with Crippen LogP contribution in [0.15, 0.2) is 0 Å². The van der Waals surface area contributed by atoms with Crippen LogP contribution in [0.3, 0.4) is 0 Å². The van der Waals surface area contributed by atoms with Gasteiger partial charge in [-0.1, -0.05) is 25.7 Å². The van der Waals surface area contributed by atoms with Gasteiger partial charge in [0.15, 0.2) is 0 Å². The molecule has 2 nitrogen and oxygen atoms in total. The van der Waals surface area contributed by atoms with Crippen LogP contribution in [0.2, 0.25) is 0 Å². The molecule has 1 saturated heterocycles. The predicted molar refractivity (Wildman–Crippen MR) is 60.5 cm³/mol. The maximum Gasteiger partial charge on any atom is 0.0192 e. The molecule has 0 radical (unpaired) electrons. The first-order valence-electron chi connectivity index (χ1n) is 6.42. The smallest absolute Gasteiger partial charge is 0.0192 e. The second-order valence-electron chi connectivity index (χ2n) is 4.89. The Morgan fingerprint density at radius 2 is 1.71 bits per heavy atom. The van der Waals surface area contributed by atoms with Gasteiger partial charge in [-0.25, -0.2) is 0 Å². The summed E-state index contributed by atoms with van der Waals surface area (Å²) < 4.78 is 0. The van der Waals surface area contributed by atoms with Crippen molar-refractivity contribution in [1.82, 2.24) is 10.6 Å². The second-order valence-corrected chi connectivity index (χ2v) is 4.89. The highest BCUT2D eigenvalue weighted by molar-refractivity contribution is 4.78. The standard InChI is InChI=1S/C12H24N2/c1-2-6-11(7-3-1)14-10-12-8-4-5-9-13-12/h11-14H,1-10H2. The monoisotopic (exact) mass is 196 g/mol. The van der Waals surface area contributed by atoms with Gasteiger partial charge in [-0.05, 0) is 32.2 Å². The van der Waals surface area contributed by atoms with Crippen LogP contribution in [0.1, 0.15) is 51.4 Å². The summed E-state index contributed by atoms with van der Waals surface area (Å²) in [6.45, 7) is 2.43. The summed E-state index contributed by atoms with van der Waals surface area (Å²) in [6.07, 6.45) is 11.3. The van der Waals surface area contributed by atoms with Crippen LogP contribution >= 0.6 is 0 Å². The van der Waals surface area contributed by atoms with E-state index in [0.717, 1.165) is 12.1 Å². The van der Waals surface area contributed by atoms with Crippen LogP contribution < -0.4 is 10.6 Å². The minimum Gasteiger partial charge on any atom is -0.313 e. The van der Waals surface area contributed by atoms with Gasteiger partial charge in [-0.3, -0.25) is 0 Å². The summed E-state index contributed by atoms with van der Waals surface area (Å²) in [5, 5.41) is 7.32. The number of nitrogens with one attached hydrogen (secondary N) is 2. The summed E-state index contributed by atoms with van der Waals surface area (Å²) in [6, 6.07) is 1.58. The van der Waals surface area contributed by atoms with Crippen LogP contribution in [0, 0.1) is 0 Å². The quantitative estimate of drug-likeness (QED) is 0.722. The van der Waals surface area contributed by atoms with E-state index >= 15 is 0 Å². The van der Waals surface area contributed by atoms with E-state index in [9.17, 15) is 0 Å². The van der Waals surface area contributed by atoms with E-state index in [1.807, 2.05) is 0 Å². The number of hydrogen-bond acceptors (Lipinski definition) is 2. The van der Waals surface area contributed by atoms with E-state index < -0.39 is 0 Å². The highest BCUT2D eigenvalue weighted by Gasteiger charge is 2.16. The van der Waals surface area contributed by atoms with Gasteiger partial charge >= 0.3 is 0 Å². The first-order chi connectivity index (χ1) is 6.95. The van der Waals surface area contributed by atoms with Crippen molar-refractivity contribution in [1.29, 1.82) is 0 Å². The Labute approximate surface area is 87.8 Å². The molecule has 2 N–H and O–H groups in total. The zero-order chi connectivity index (χ0) is 9.64. The van der Waals surface area contributed by atoms with Crippen molar-refractivity contribution in [2.45, 2.75) is 63.5 Å². The van der Waals surface area contributed by atoms with Crippen molar-refractivity contribution >= 4 is 0 Å². The summed E-state index contributed by atoms with van der Waals surface area (Å²) in [5.41, 5.74) is 0. The lowest BCUT2D eigenvalue weighted by molar-refractivity contribution is 0.326. The SMILES string of the molecule is C1CCC(NCC2CCCCN2)CC1. The lowest BCUT2D eigenvalue weighted by atomic mass is 9.95. The maximum atomic E-state index is 3.73. The molecular weight excluding hydrogens is 172 g/mol. The van der Waals surface area contributed by atoms with E-state index in [1.165, 1.54) is 64.5 Å². The van der Waals surface area contributed by atoms with Crippen LogP contribution in [0.25, 0.3) is 0 Å². The molecule has 0 spiro atoms. The average molecular weight is 196 g/mol. The fourth-order valence-corrected chi connectivity index (χ4v) is 2.71. The fraction of sp³-hybridized carbons (Fsp3) is 1.00. The van der Waals surface area contributed by atoms with E-state index in [-0.39, 0.29) is 0 Å². The average Bonchev–Trinajstić information content (AvgIpc) is 2.29. The molecule has 0 aromatic rings. The molecule has 1 saturated carbocycles. The van der Waals surface area contributed by atoms with Crippen molar-refractivity contribution in [3.63, 3.8) is 0 Å². The van der Waals surface area contributed by atoms with Crippen molar-refractivity contribution in [2.75, 3.05) is 13.1 Å². The third-order valence-electron chi connectivity index (χ3n) is 3.67. The zero-order valence-corrected chi connectivity index (χ0v) is 9.23. The maximum absolute atomic E-state index is 3.73. The third-order valence-corrected chi connectivity index (χ3v) is 3.67. The second kappa shape index (κ2) is 5.72. The Kier molecular flexibility index (Phi) is 4.26. The van der Waals surface area contributed by atoms with Gasteiger partial charge in [0.2, 0.25) is 0 Å². The molecule has 82 valence electrons. The first-order valence-corrected chi connectivity index (χ1v) is 6.42. The molecule has 14 heavy (non-hydrogen) atoms. The van der Waals surface area contributed by atoms with Gasteiger partial charge < -0.3 is 10.6 Å². The molecule has 1 unspecified atom stereocenters. The van der Waals surface area contributed by atoms with Crippen molar-refractivity contribution in [3.05, 3.63) is 0 Å². The zero-order valence-electron chi connectivity index (χ0n) is 9.23. The summed E-state index contributed by atoms with van der Waals surface area (Å²) in [4.78, 5) is 0. The topological polar surface area (TPSA) is 24.1 Å². The Bertz CT molecular complexity index is 128. The minimum atomic E-state index is 0.755. The number of rotatable bonds is 3. The normalized spacial score (nSPS) is 30.4. The molecule has 0 amide bonds. The van der Waals surface area contributed by atoms with Gasteiger partial charge in [-0.2, -0.15) is 0 Å². The molecule has 1 aliphatic carbocycles. The van der Waals surface area contributed by atoms with E-state index in [4.69, 9.17) is 0 Å². The third kappa shape index (κ3) is 3.25. The Morgan fingerprint density at radius 3 is 2.43 bits per heavy atom. The molecule has 1 aliphatic heterocycles. The molecule has 2 heteroatoms. The van der Waals surface area contributed by atoms with Gasteiger partial charge in [0.25, 0.3) is 0 Å². The fourth-order valence-electron chi connectivity index (χ4n) is 2.71. The van der Waals surface area contributed by atoms with Gasteiger partial charge in [0, 0.05) is 18.6 Å². The molecule has 0 aromatic carbocycles. The predicted octanol–water partition coefficient (Wildman–Crippen LogP) is 2.05. The lowest BCUT2D eigenvalue weighted by Gasteiger charge is -2.28. The van der Waals surface area contributed by atoms with Crippen LogP contribution in [-0.4, -0.2) is 25.2 Å². The Hall–Kier alpha value is -0.0800. The van der Waals surface area contributed by atoms with E-state index in [2.05, 4.69) is 10.6 Å². The number of piperidine rings is 1. The highest BCUT2D eigenvalue weighted by atomic mass is 15.0. The van der Waals surface area contributed by atoms with Crippen LogP contribution in [0.4, 0.5) is 0 Å². The number of hydrogen-bond donors (Lipinski definition) is 2. The minimum absolute atomic E-state index is 0.755. The Morgan fingerprint density at radius 1 is 0.929 bits per heavy atom. The first kappa shape index (κ1) is 10.4. The van der Waals surface area contributed by atoms with Crippen molar-refractivity contribution in [3.8, 4) is 0 Å². The van der Waals surface area contributed by atoms with Crippen LogP contribution in [0.5, 0.6) is 0 Å².